The van der Waals surface area contributed by atoms with Crippen LogP contribution in [-0.2, 0) is 13.1 Å². The first-order valence-electron chi connectivity index (χ1n) is 9.50. The molecule has 2 aromatic carbocycles. The van der Waals surface area contributed by atoms with Gasteiger partial charge < -0.3 is 10.2 Å². The lowest BCUT2D eigenvalue weighted by molar-refractivity contribution is -0.910. The van der Waals surface area contributed by atoms with Crippen molar-refractivity contribution in [2.75, 3.05) is 13.1 Å². The van der Waals surface area contributed by atoms with Gasteiger partial charge >= 0.3 is 0 Å². The molecule has 5 nitrogen and oxygen atoms in total. The number of carbonyl (C=O) groups excluding carboxylic acids is 1. The van der Waals surface area contributed by atoms with Gasteiger partial charge in [-0.15, -0.1) is 0 Å². The zero-order valence-electron chi connectivity index (χ0n) is 16.0. The van der Waals surface area contributed by atoms with E-state index in [9.17, 15) is 4.79 Å². The standard InChI is InChI=1S/C22H26N4O/c1-3-25(4-2)16-19-11-9-8-10-18(19)14-23-22(27)20-15-24-26(17-20)21-12-6-5-7-13-21/h5-13,15,17H,3-4,14,16H2,1-2H3,(H,23,27)/p+1. The summed E-state index contributed by atoms with van der Waals surface area (Å²) < 4.78 is 1.71. The Morgan fingerprint density at radius 1 is 1.00 bits per heavy atom. The highest BCUT2D eigenvalue weighted by molar-refractivity contribution is 5.93. The zero-order chi connectivity index (χ0) is 19.1. The molecule has 1 aromatic heterocycles. The third kappa shape index (κ3) is 4.83. The first-order chi connectivity index (χ1) is 13.2. The largest absolute Gasteiger partial charge is 0.348 e. The molecule has 0 spiro atoms. The molecule has 2 N–H and O–H groups in total. The molecule has 1 heterocycles. The van der Waals surface area contributed by atoms with Gasteiger partial charge in [0.05, 0.1) is 30.5 Å². The van der Waals surface area contributed by atoms with Crippen LogP contribution in [-0.4, -0.2) is 28.8 Å². The Hall–Kier alpha value is -2.92. The molecule has 1 amide bonds. The fourth-order valence-electron chi connectivity index (χ4n) is 3.11. The van der Waals surface area contributed by atoms with Crippen molar-refractivity contribution >= 4 is 5.91 Å². The van der Waals surface area contributed by atoms with E-state index in [1.54, 1.807) is 17.1 Å². The molecule has 3 aromatic rings. The summed E-state index contributed by atoms with van der Waals surface area (Å²) in [6.07, 6.45) is 3.37. The second-order valence-corrected chi connectivity index (χ2v) is 6.59. The lowest BCUT2D eigenvalue weighted by Gasteiger charge is -2.17. The number of benzene rings is 2. The van der Waals surface area contributed by atoms with Crippen LogP contribution in [0.15, 0.2) is 67.0 Å². The summed E-state index contributed by atoms with van der Waals surface area (Å²) in [5.41, 5.74) is 3.95. The first kappa shape index (κ1) is 18.9. The van der Waals surface area contributed by atoms with E-state index in [-0.39, 0.29) is 5.91 Å². The number of hydrogen-bond acceptors (Lipinski definition) is 2. The van der Waals surface area contributed by atoms with Crippen molar-refractivity contribution < 1.29 is 9.69 Å². The molecule has 0 aliphatic heterocycles. The Kier molecular flexibility index (Phi) is 6.39. The molecule has 0 aliphatic rings. The topological polar surface area (TPSA) is 51.4 Å². The van der Waals surface area contributed by atoms with Gasteiger partial charge in [0.1, 0.15) is 6.54 Å². The monoisotopic (exact) mass is 363 g/mol. The number of aromatic nitrogens is 2. The van der Waals surface area contributed by atoms with Crippen LogP contribution in [0.25, 0.3) is 5.69 Å². The van der Waals surface area contributed by atoms with E-state index in [0.717, 1.165) is 25.3 Å². The van der Waals surface area contributed by atoms with Crippen LogP contribution in [0.5, 0.6) is 0 Å². The maximum atomic E-state index is 12.5. The average Bonchev–Trinajstić information content (AvgIpc) is 3.22. The van der Waals surface area contributed by atoms with Gasteiger partial charge in [-0.25, -0.2) is 4.68 Å². The fourth-order valence-corrected chi connectivity index (χ4v) is 3.11. The minimum atomic E-state index is -0.109. The molecule has 0 unspecified atom stereocenters. The molecule has 140 valence electrons. The van der Waals surface area contributed by atoms with Gasteiger partial charge in [0.25, 0.3) is 5.91 Å². The van der Waals surface area contributed by atoms with E-state index in [2.05, 4.69) is 42.5 Å². The third-order valence-corrected chi connectivity index (χ3v) is 4.86. The molecule has 0 bridgehead atoms. The Morgan fingerprint density at radius 3 is 2.37 bits per heavy atom. The Bertz CT molecular complexity index is 869. The smallest absolute Gasteiger partial charge is 0.254 e. The predicted molar refractivity (Wildman–Crippen MR) is 107 cm³/mol. The number of para-hydroxylation sites is 1. The summed E-state index contributed by atoms with van der Waals surface area (Å²) >= 11 is 0. The quantitative estimate of drug-likeness (QED) is 0.645. The van der Waals surface area contributed by atoms with Gasteiger partial charge in [-0.2, -0.15) is 5.10 Å². The third-order valence-electron chi connectivity index (χ3n) is 4.86. The molecule has 0 aliphatic carbocycles. The molecular weight excluding hydrogens is 336 g/mol. The maximum absolute atomic E-state index is 12.5. The molecule has 0 saturated heterocycles. The normalized spacial score (nSPS) is 10.9. The Balaban J connectivity index is 1.65. The van der Waals surface area contributed by atoms with E-state index in [1.807, 2.05) is 36.4 Å². The summed E-state index contributed by atoms with van der Waals surface area (Å²) in [6.45, 7) is 8.09. The Labute approximate surface area is 160 Å². The summed E-state index contributed by atoms with van der Waals surface area (Å²) in [4.78, 5) is 14.1. The van der Waals surface area contributed by atoms with E-state index >= 15 is 0 Å². The summed E-state index contributed by atoms with van der Waals surface area (Å²) in [7, 11) is 0. The van der Waals surface area contributed by atoms with Crippen molar-refractivity contribution in [2.45, 2.75) is 26.9 Å². The van der Waals surface area contributed by atoms with E-state index in [1.165, 1.54) is 16.0 Å². The van der Waals surface area contributed by atoms with E-state index in [4.69, 9.17) is 0 Å². The molecule has 27 heavy (non-hydrogen) atoms. The molecule has 0 saturated carbocycles. The molecule has 3 rings (SSSR count). The Morgan fingerprint density at radius 2 is 1.67 bits per heavy atom. The summed E-state index contributed by atoms with van der Waals surface area (Å²) in [6, 6.07) is 18.1. The lowest BCUT2D eigenvalue weighted by Crippen LogP contribution is -3.10. The second kappa shape index (κ2) is 9.14. The van der Waals surface area contributed by atoms with Crippen molar-refractivity contribution in [3.8, 4) is 5.69 Å². The summed E-state index contributed by atoms with van der Waals surface area (Å²) in [5, 5.41) is 7.32. The zero-order valence-corrected chi connectivity index (χ0v) is 16.0. The number of rotatable bonds is 8. The minimum absolute atomic E-state index is 0.109. The highest BCUT2D eigenvalue weighted by Gasteiger charge is 2.12. The minimum Gasteiger partial charge on any atom is -0.348 e. The van der Waals surface area contributed by atoms with Gasteiger partial charge in [0.15, 0.2) is 0 Å². The average molecular weight is 363 g/mol. The summed E-state index contributed by atoms with van der Waals surface area (Å²) in [5.74, 6) is -0.109. The van der Waals surface area contributed by atoms with Gasteiger partial charge in [-0.05, 0) is 31.5 Å². The van der Waals surface area contributed by atoms with E-state index < -0.39 is 0 Å². The molecule has 0 atom stereocenters. The van der Waals surface area contributed by atoms with E-state index in [0.29, 0.717) is 12.1 Å². The molecule has 0 fully saturated rings. The maximum Gasteiger partial charge on any atom is 0.254 e. The number of carbonyl (C=O) groups is 1. The molecule has 5 heteroatoms. The van der Waals surface area contributed by atoms with Crippen LogP contribution >= 0.6 is 0 Å². The number of quaternary nitrogens is 1. The van der Waals surface area contributed by atoms with Gasteiger partial charge in [0, 0.05) is 18.3 Å². The predicted octanol–water partition coefficient (Wildman–Crippen LogP) is 2.23. The van der Waals surface area contributed by atoms with Crippen molar-refractivity contribution in [1.29, 1.82) is 0 Å². The number of hydrogen-bond donors (Lipinski definition) is 2. The molecule has 0 radical (unpaired) electrons. The number of nitrogens with one attached hydrogen (secondary N) is 2. The van der Waals surface area contributed by atoms with Crippen molar-refractivity contribution in [3.05, 3.63) is 83.7 Å². The van der Waals surface area contributed by atoms with Crippen molar-refractivity contribution in [3.63, 3.8) is 0 Å². The van der Waals surface area contributed by atoms with Crippen LogP contribution < -0.4 is 10.2 Å². The number of amides is 1. The van der Waals surface area contributed by atoms with Crippen molar-refractivity contribution in [2.24, 2.45) is 0 Å². The van der Waals surface area contributed by atoms with Gasteiger partial charge in [-0.1, -0.05) is 42.5 Å². The second-order valence-electron chi connectivity index (χ2n) is 6.59. The van der Waals surface area contributed by atoms with Crippen LogP contribution in [0.1, 0.15) is 35.3 Å². The van der Waals surface area contributed by atoms with Crippen LogP contribution in [0.4, 0.5) is 0 Å². The van der Waals surface area contributed by atoms with Gasteiger partial charge in [-0.3, -0.25) is 4.79 Å². The SMILES string of the molecule is CC[NH+](CC)Cc1ccccc1CNC(=O)c1cnn(-c2ccccc2)c1. The van der Waals surface area contributed by atoms with Crippen molar-refractivity contribution in [1.82, 2.24) is 15.1 Å². The molecular formula is C22H27N4O+. The fraction of sp³-hybridized carbons (Fsp3) is 0.273. The van der Waals surface area contributed by atoms with Crippen LogP contribution in [0.2, 0.25) is 0 Å². The number of nitrogens with zero attached hydrogens (tertiary/aromatic N) is 2. The van der Waals surface area contributed by atoms with Gasteiger partial charge in [0.2, 0.25) is 0 Å². The lowest BCUT2D eigenvalue weighted by atomic mass is 10.1. The van der Waals surface area contributed by atoms with Crippen LogP contribution in [0, 0.1) is 0 Å². The highest BCUT2D eigenvalue weighted by atomic mass is 16.1. The first-order valence-corrected chi connectivity index (χ1v) is 9.50. The highest BCUT2D eigenvalue weighted by Crippen LogP contribution is 2.10. The van der Waals surface area contributed by atoms with Crippen LogP contribution in [0.3, 0.4) is 0 Å².